The first kappa shape index (κ1) is 14.3. The van der Waals surface area contributed by atoms with Crippen molar-refractivity contribution in [2.75, 3.05) is 19.7 Å². The predicted octanol–water partition coefficient (Wildman–Crippen LogP) is -0.430. The summed E-state index contributed by atoms with van der Waals surface area (Å²) in [5.41, 5.74) is 6.89. The maximum atomic E-state index is 12.5. The molecule has 0 saturated carbocycles. The number of nitrogens with two attached hydrogens (primary N) is 1. The highest BCUT2D eigenvalue weighted by Gasteiger charge is 2.29. The molecule has 0 bridgehead atoms. The average Bonchev–Trinajstić information content (AvgIpc) is 2.86. The summed E-state index contributed by atoms with van der Waals surface area (Å²) in [6.07, 6.45) is 1.84. The second kappa shape index (κ2) is 5.91. The lowest BCUT2D eigenvalue weighted by Crippen LogP contribution is -2.50. The molecular formula is C12H19N5O3. The Morgan fingerprint density at radius 1 is 1.70 bits per heavy atom. The van der Waals surface area contributed by atoms with E-state index in [4.69, 9.17) is 15.7 Å². The topological polar surface area (TPSA) is 106 Å². The highest BCUT2D eigenvalue weighted by molar-refractivity contribution is 5.96. The van der Waals surface area contributed by atoms with Gasteiger partial charge in [-0.2, -0.15) is 5.10 Å². The molecule has 1 aromatic rings. The monoisotopic (exact) mass is 281 g/mol. The second-order valence-electron chi connectivity index (χ2n) is 4.65. The molecule has 1 aliphatic rings. The molecule has 1 fully saturated rings. The molecule has 110 valence electrons. The molecule has 1 unspecified atom stereocenters. The van der Waals surface area contributed by atoms with Crippen molar-refractivity contribution in [1.29, 1.82) is 0 Å². The van der Waals surface area contributed by atoms with Gasteiger partial charge in [0.15, 0.2) is 5.84 Å². The molecule has 1 saturated heterocycles. The van der Waals surface area contributed by atoms with Crippen LogP contribution in [0.15, 0.2) is 11.4 Å². The lowest BCUT2D eigenvalue weighted by molar-refractivity contribution is 0.00670. The summed E-state index contributed by atoms with van der Waals surface area (Å²) in [6.45, 7) is 3.06. The smallest absolute Gasteiger partial charge is 0.257 e. The Kier molecular flexibility index (Phi) is 4.23. The SMILES string of the molecule is CCc1nn(C)cc1C(=O)N1CCOC(/C(N)=N/O)C1. The molecule has 0 aliphatic carbocycles. The van der Waals surface area contributed by atoms with Crippen LogP contribution in [0.3, 0.4) is 0 Å². The number of hydrogen-bond donors (Lipinski definition) is 2. The van der Waals surface area contributed by atoms with Gasteiger partial charge in [0, 0.05) is 19.8 Å². The number of nitrogens with zero attached hydrogens (tertiary/aromatic N) is 4. The Hall–Kier alpha value is -2.09. The molecule has 20 heavy (non-hydrogen) atoms. The van der Waals surface area contributed by atoms with Crippen LogP contribution in [-0.2, 0) is 18.2 Å². The molecule has 1 aliphatic heterocycles. The summed E-state index contributed by atoms with van der Waals surface area (Å²) >= 11 is 0. The maximum absolute atomic E-state index is 12.5. The van der Waals surface area contributed by atoms with Gasteiger partial charge in [-0.25, -0.2) is 0 Å². The first-order valence-corrected chi connectivity index (χ1v) is 6.47. The Labute approximate surface area is 116 Å². The lowest BCUT2D eigenvalue weighted by atomic mass is 10.1. The van der Waals surface area contributed by atoms with E-state index < -0.39 is 6.10 Å². The van der Waals surface area contributed by atoms with Crippen LogP contribution in [0.2, 0.25) is 0 Å². The van der Waals surface area contributed by atoms with Gasteiger partial charge < -0.3 is 20.6 Å². The van der Waals surface area contributed by atoms with E-state index in [0.717, 1.165) is 5.69 Å². The number of carbonyl (C=O) groups excluding carboxylic acids is 1. The standard InChI is InChI=1S/C12H19N5O3/c1-3-9-8(6-16(2)14-9)12(18)17-4-5-20-10(7-17)11(13)15-19/h6,10,19H,3-5,7H2,1-2H3,(H2,13,15). The maximum Gasteiger partial charge on any atom is 0.257 e. The molecule has 2 heterocycles. The van der Waals surface area contributed by atoms with Gasteiger partial charge in [-0.15, -0.1) is 0 Å². The van der Waals surface area contributed by atoms with Gasteiger partial charge in [-0.3, -0.25) is 9.48 Å². The molecule has 2 rings (SSSR count). The van der Waals surface area contributed by atoms with Crippen LogP contribution in [0.5, 0.6) is 0 Å². The van der Waals surface area contributed by atoms with Crippen molar-refractivity contribution in [3.8, 4) is 0 Å². The number of ether oxygens (including phenoxy) is 1. The van der Waals surface area contributed by atoms with Crippen LogP contribution in [-0.4, -0.2) is 57.4 Å². The number of aromatic nitrogens is 2. The highest BCUT2D eigenvalue weighted by Crippen LogP contribution is 2.14. The quantitative estimate of drug-likeness (QED) is 0.338. The third kappa shape index (κ3) is 2.74. The summed E-state index contributed by atoms with van der Waals surface area (Å²) in [5.74, 6) is -0.126. The fraction of sp³-hybridized carbons (Fsp3) is 0.583. The van der Waals surface area contributed by atoms with E-state index in [-0.39, 0.29) is 18.3 Å². The van der Waals surface area contributed by atoms with Crippen LogP contribution < -0.4 is 5.73 Å². The molecule has 1 aromatic heterocycles. The van der Waals surface area contributed by atoms with Gasteiger partial charge in [-0.05, 0) is 6.42 Å². The minimum absolute atomic E-state index is 0.0237. The van der Waals surface area contributed by atoms with Crippen molar-refractivity contribution < 1.29 is 14.7 Å². The van der Waals surface area contributed by atoms with E-state index in [1.54, 1.807) is 22.8 Å². The zero-order chi connectivity index (χ0) is 14.7. The van der Waals surface area contributed by atoms with Crippen molar-refractivity contribution >= 4 is 11.7 Å². The Bertz CT molecular complexity index is 525. The third-order valence-electron chi connectivity index (χ3n) is 3.27. The summed E-state index contributed by atoms with van der Waals surface area (Å²) in [7, 11) is 1.79. The van der Waals surface area contributed by atoms with Crippen LogP contribution in [0.1, 0.15) is 23.0 Å². The molecule has 0 spiro atoms. The summed E-state index contributed by atoms with van der Waals surface area (Å²) in [4.78, 5) is 14.2. The van der Waals surface area contributed by atoms with E-state index in [1.165, 1.54) is 0 Å². The van der Waals surface area contributed by atoms with E-state index in [1.807, 2.05) is 6.92 Å². The van der Waals surface area contributed by atoms with Gasteiger partial charge in [0.05, 0.1) is 24.4 Å². The zero-order valence-corrected chi connectivity index (χ0v) is 11.6. The molecule has 1 amide bonds. The number of aryl methyl sites for hydroxylation is 2. The van der Waals surface area contributed by atoms with Crippen molar-refractivity contribution in [3.05, 3.63) is 17.5 Å². The fourth-order valence-electron chi connectivity index (χ4n) is 2.22. The first-order valence-electron chi connectivity index (χ1n) is 6.47. The van der Waals surface area contributed by atoms with Crippen molar-refractivity contribution in [2.45, 2.75) is 19.4 Å². The number of rotatable bonds is 3. The molecule has 0 aromatic carbocycles. The number of morpholine rings is 1. The highest BCUT2D eigenvalue weighted by atomic mass is 16.5. The summed E-state index contributed by atoms with van der Waals surface area (Å²) < 4.78 is 7.01. The number of carbonyl (C=O) groups is 1. The molecule has 8 heteroatoms. The van der Waals surface area contributed by atoms with Gasteiger partial charge in [0.1, 0.15) is 6.10 Å². The zero-order valence-electron chi connectivity index (χ0n) is 11.6. The van der Waals surface area contributed by atoms with Gasteiger partial charge in [-0.1, -0.05) is 12.1 Å². The third-order valence-corrected chi connectivity index (χ3v) is 3.27. The van der Waals surface area contributed by atoms with Gasteiger partial charge >= 0.3 is 0 Å². The number of amidine groups is 1. The average molecular weight is 281 g/mol. The minimum Gasteiger partial charge on any atom is -0.409 e. The molecule has 0 radical (unpaired) electrons. The van der Waals surface area contributed by atoms with Crippen LogP contribution in [0.25, 0.3) is 0 Å². The fourth-order valence-corrected chi connectivity index (χ4v) is 2.22. The molecule has 1 atom stereocenters. The van der Waals surface area contributed by atoms with E-state index in [0.29, 0.717) is 25.1 Å². The molecular weight excluding hydrogens is 262 g/mol. The van der Waals surface area contributed by atoms with Crippen molar-refractivity contribution in [1.82, 2.24) is 14.7 Å². The normalized spacial score (nSPS) is 20.2. The summed E-state index contributed by atoms with van der Waals surface area (Å²) in [5, 5.41) is 15.9. The van der Waals surface area contributed by atoms with Crippen molar-refractivity contribution in [2.24, 2.45) is 17.9 Å². The molecule has 8 nitrogen and oxygen atoms in total. The van der Waals surface area contributed by atoms with Crippen LogP contribution in [0, 0.1) is 0 Å². The van der Waals surface area contributed by atoms with Gasteiger partial charge in [0.2, 0.25) is 0 Å². The van der Waals surface area contributed by atoms with Crippen LogP contribution >= 0.6 is 0 Å². The Morgan fingerprint density at radius 3 is 3.10 bits per heavy atom. The predicted molar refractivity (Wildman–Crippen MR) is 71.6 cm³/mol. The van der Waals surface area contributed by atoms with E-state index in [2.05, 4.69) is 10.3 Å². The van der Waals surface area contributed by atoms with E-state index >= 15 is 0 Å². The minimum atomic E-state index is -0.570. The summed E-state index contributed by atoms with van der Waals surface area (Å²) in [6, 6.07) is 0. The van der Waals surface area contributed by atoms with Gasteiger partial charge in [0.25, 0.3) is 5.91 Å². The molecule has 3 N–H and O–H groups in total. The van der Waals surface area contributed by atoms with E-state index in [9.17, 15) is 4.79 Å². The van der Waals surface area contributed by atoms with Crippen molar-refractivity contribution in [3.63, 3.8) is 0 Å². The lowest BCUT2D eigenvalue weighted by Gasteiger charge is -2.32. The number of hydrogen-bond acceptors (Lipinski definition) is 5. The Balaban J connectivity index is 2.16. The first-order chi connectivity index (χ1) is 9.56. The second-order valence-corrected chi connectivity index (χ2v) is 4.65. The number of amides is 1. The largest absolute Gasteiger partial charge is 0.409 e. The Morgan fingerprint density at radius 2 is 2.45 bits per heavy atom. The number of oxime groups is 1. The van der Waals surface area contributed by atoms with Crippen LogP contribution in [0.4, 0.5) is 0 Å².